The fourth-order valence-electron chi connectivity index (χ4n) is 0.475. The second-order valence-electron chi connectivity index (χ2n) is 1.51. The van der Waals surface area contributed by atoms with Gasteiger partial charge >= 0.3 is 0 Å². The Morgan fingerprint density at radius 2 is 1.67 bits per heavy atom. The largest absolute Gasteiger partial charge is 0.388 e. The van der Waals surface area contributed by atoms with Crippen molar-refractivity contribution >= 4 is 0 Å². The SMILES string of the molecule is CC.OC1COCOC1. The third kappa shape index (κ3) is 4.39. The molecule has 0 aliphatic carbocycles. The van der Waals surface area contributed by atoms with E-state index in [2.05, 4.69) is 0 Å². The van der Waals surface area contributed by atoms with Crippen LogP contribution in [0.4, 0.5) is 0 Å². The van der Waals surface area contributed by atoms with Gasteiger partial charge in [0, 0.05) is 0 Å². The summed E-state index contributed by atoms with van der Waals surface area (Å²) < 4.78 is 9.42. The maximum absolute atomic E-state index is 8.66. The third-order valence-corrected chi connectivity index (χ3v) is 0.787. The molecule has 0 atom stereocenters. The molecule has 1 N–H and O–H groups in total. The molecule has 1 saturated heterocycles. The molecule has 0 bridgehead atoms. The molecule has 0 aromatic rings. The van der Waals surface area contributed by atoms with Crippen molar-refractivity contribution < 1.29 is 14.6 Å². The molecule has 0 aromatic heterocycles. The Morgan fingerprint density at radius 3 is 1.89 bits per heavy atom. The van der Waals surface area contributed by atoms with Gasteiger partial charge in [-0.3, -0.25) is 0 Å². The van der Waals surface area contributed by atoms with E-state index in [9.17, 15) is 0 Å². The molecule has 0 saturated carbocycles. The molecule has 9 heavy (non-hydrogen) atoms. The molecule has 0 spiro atoms. The van der Waals surface area contributed by atoms with E-state index in [0.29, 0.717) is 20.0 Å². The molecule has 3 heteroatoms. The van der Waals surface area contributed by atoms with Crippen molar-refractivity contribution in [3.05, 3.63) is 0 Å². The highest BCUT2D eigenvalue weighted by Crippen LogP contribution is 1.93. The van der Waals surface area contributed by atoms with Crippen LogP contribution in [-0.4, -0.2) is 31.2 Å². The molecule has 0 unspecified atom stereocenters. The molecule has 0 aromatic carbocycles. The molecular formula is C6H14O3. The Balaban J connectivity index is 0.000000291. The van der Waals surface area contributed by atoms with Crippen LogP contribution < -0.4 is 0 Å². The van der Waals surface area contributed by atoms with E-state index < -0.39 is 6.10 Å². The van der Waals surface area contributed by atoms with E-state index in [4.69, 9.17) is 14.6 Å². The highest BCUT2D eigenvalue weighted by molar-refractivity contribution is 4.52. The van der Waals surface area contributed by atoms with Gasteiger partial charge in [-0.25, -0.2) is 0 Å². The molecular weight excluding hydrogens is 120 g/mol. The summed E-state index contributed by atoms with van der Waals surface area (Å²) in [5.74, 6) is 0. The first-order chi connectivity index (χ1) is 4.39. The number of aliphatic hydroxyl groups is 1. The minimum atomic E-state index is -0.409. The van der Waals surface area contributed by atoms with E-state index >= 15 is 0 Å². The lowest BCUT2D eigenvalue weighted by atomic mass is 10.4. The summed E-state index contributed by atoms with van der Waals surface area (Å²) in [5, 5.41) is 8.66. The van der Waals surface area contributed by atoms with Crippen molar-refractivity contribution in [1.29, 1.82) is 0 Å². The monoisotopic (exact) mass is 134 g/mol. The van der Waals surface area contributed by atoms with Crippen molar-refractivity contribution in [2.24, 2.45) is 0 Å². The van der Waals surface area contributed by atoms with Crippen LogP contribution in [0.1, 0.15) is 13.8 Å². The second kappa shape index (κ2) is 6.01. The van der Waals surface area contributed by atoms with Crippen LogP contribution in [0.2, 0.25) is 0 Å². The Hall–Kier alpha value is -0.120. The van der Waals surface area contributed by atoms with Crippen LogP contribution >= 0.6 is 0 Å². The Kier molecular flexibility index (Phi) is 5.93. The zero-order valence-electron chi connectivity index (χ0n) is 5.96. The van der Waals surface area contributed by atoms with Crippen LogP contribution in [0.15, 0.2) is 0 Å². The third-order valence-electron chi connectivity index (χ3n) is 0.787. The average molecular weight is 134 g/mol. The standard InChI is InChI=1S/C4H8O3.C2H6/c5-4-1-6-3-7-2-4;1-2/h4-5H,1-3H2;1-2H3. The van der Waals surface area contributed by atoms with Gasteiger partial charge in [0.05, 0.1) is 13.2 Å². The highest BCUT2D eigenvalue weighted by atomic mass is 16.7. The van der Waals surface area contributed by atoms with Gasteiger partial charge in [0.1, 0.15) is 12.9 Å². The zero-order chi connectivity index (χ0) is 7.11. The van der Waals surface area contributed by atoms with Crippen LogP contribution in [0.5, 0.6) is 0 Å². The smallest absolute Gasteiger partial charge is 0.146 e. The number of rotatable bonds is 0. The predicted octanol–water partition coefficient (Wildman–Crippen LogP) is 0.378. The maximum atomic E-state index is 8.66. The lowest BCUT2D eigenvalue weighted by Gasteiger charge is -2.16. The minimum Gasteiger partial charge on any atom is -0.388 e. The molecule has 1 aliphatic heterocycles. The van der Waals surface area contributed by atoms with E-state index in [0.717, 1.165) is 0 Å². The topological polar surface area (TPSA) is 38.7 Å². The summed E-state index contributed by atoms with van der Waals surface area (Å²) in [6.45, 7) is 5.16. The minimum absolute atomic E-state index is 0.330. The van der Waals surface area contributed by atoms with Gasteiger partial charge in [-0.05, 0) is 0 Å². The maximum Gasteiger partial charge on any atom is 0.146 e. The average Bonchev–Trinajstić information content (AvgIpc) is 1.94. The van der Waals surface area contributed by atoms with Crippen molar-refractivity contribution in [2.75, 3.05) is 20.0 Å². The number of ether oxygens (including phenoxy) is 2. The van der Waals surface area contributed by atoms with E-state index in [1.54, 1.807) is 0 Å². The Bertz CT molecular complexity index is 50.3. The van der Waals surface area contributed by atoms with E-state index in [-0.39, 0.29) is 0 Å². The summed E-state index contributed by atoms with van der Waals surface area (Å²) in [4.78, 5) is 0. The molecule has 1 heterocycles. The molecule has 1 rings (SSSR count). The van der Waals surface area contributed by atoms with E-state index in [1.807, 2.05) is 13.8 Å². The van der Waals surface area contributed by atoms with Gasteiger partial charge < -0.3 is 14.6 Å². The quantitative estimate of drug-likeness (QED) is 0.520. The number of aliphatic hydroxyl groups excluding tert-OH is 1. The molecule has 1 fully saturated rings. The fraction of sp³-hybridized carbons (Fsp3) is 1.00. The molecule has 0 radical (unpaired) electrons. The van der Waals surface area contributed by atoms with Gasteiger partial charge in [-0.15, -0.1) is 0 Å². The number of hydrogen-bond acceptors (Lipinski definition) is 3. The summed E-state index contributed by atoms with van der Waals surface area (Å²) in [7, 11) is 0. The van der Waals surface area contributed by atoms with Gasteiger partial charge in [0.15, 0.2) is 0 Å². The first kappa shape index (κ1) is 8.88. The lowest BCUT2D eigenvalue weighted by molar-refractivity contribution is -0.150. The van der Waals surface area contributed by atoms with Crippen molar-refractivity contribution in [3.8, 4) is 0 Å². The molecule has 0 amide bonds. The van der Waals surface area contributed by atoms with Gasteiger partial charge in [0.25, 0.3) is 0 Å². The number of hydrogen-bond donors (Lipinski definition) is 1. The Morgan fingerprint density at radius 1 is 1.22 bits per heavy atom. The molecule has 1 aliphatic rings. The van der Waals surface area contributed by atoms with Crippen LogP contribution in [-0.2, 0) is 9.47 Å². The van der Waals surface area contributed by atoms with Crippen molar-refractivity contribution in [3.63, 3.8) is 0 Å². The summed E-state index contributed by atoms with van der Waals surface area (Å²) in [6, 6.07) is 0. The van der Waals surface area contributed by atoms with Gasteiger partial charge in [-0.2, -0.15) is 0 Å². The fourth-order valence-corrected chi connectivity index (χ4v) is 0.475. The predicted molar refractivity (Wildman–Crippen MR) is 34.1 cm³/mol. The van der Waals surface area contributed by atoms with Gasteiger partial charge in [-0.1, -0.05) is 13.8 Å². The first-order valence-electron chi connectivity index (χ1n) is 3.23. The van der Waals surface area contributed by atoms with E-state index in [1.165, 1.54) is 0 Å². The summed E-state index contributed by atoms with van der Waals surface area (Å²) in [5.41, 5.74) is 0. The highest BCUT2D eigenvalue weighted by Gasteiger charge is 2.08. The van der Waals surface area contributed by atoms with Gasteiger partial charge in [0.2, 0.25) is 0 Å². The van der Waals surface area contributed by atoms with Crippen molar-refractivity contribution in [2.45, 2.75) is 20.0 Å². The lowest BCUT2D eigenvalue weighted by Crippen LogP contribution is -2.28. The zero-order valence-corrected chi connectivity index (χ0v) is 5.96. The first-order valence-corrected chi connectivity index (χ1v) is 3.23. The summed E-state index contributed by atoms with van der Waals surface area (Å²) in [6.07, 6.45) is -0.409. The van der Waals surface area contributed by atoms with Crippen molar-refractivity contribution in [1.82, 2.24) is 0 Å². The summed E-state index contributed by atoms with van der Waals surface area (Å²) >= 11 is 0. The van der Waals surface area contributed by atoms with Crippen LogP contribution in [0.25, 0.3) is 0 Å². The van der Waals surface area contributed by atoms with Crippen LogP contribution in [0.3, 0.4) is 0 Å². The second-order valence-corrected chi connectivity index (χ2v) is 1.51. The Labute approximate surface area is 55.6 Å². The van der Waals surface area contributed by atoms with Crippen LogP contribution in [0, 0.1) is 0 Å². The normalized spacial score (nSPS) is 20.3. The molecule has 3 nitrogen and oxygen atoms in total. The molecule has 56 valence electrons.